The standard InChI is InChI=1S/C15H26N2/c16-13-15(11-7-2-1-3-8-12-15)17-14-9-5-4-6-10-14/h14,17H,1-12H2. The van der Waals surface area contributed by atoms with Gasteiger partial charge in [0.15, 0.2) is 0 Å². The number of nitriles is 1. The van der Waals surface area contributed by atoms with Gasteiger partial charge in [-0.05, 0) is 25.7 Å². The molecule has 2 rings (SSSR count). The van der Waals surface area contributed by atoms with Crippen molar-refractivity contribution in [3.05, 3.63) is 0 Å². The van der Waals surface area contributed by atoms with E-state index in [9.17, 15) is 5.26 Å². The van der Waals surface area contributed by atoms with Crippen molar-refractivity contribution >= 4 is 0 Å². The van der Waals surface area contributed by atoms with Gasteiger partial charge in [0.1, 0.15) is 5.54 Å². The zero-order chi connectivity index (χ0) is 12.0. The molecule has 0 amide bonds. The lowest BCUT2D eigenvalue weighted by molar-refractivity contribution is 0.250. The van der Waals surface area contributed by atoms with Crippen molar-refractivity contribution in [2.75, 3.05) is 0 Å². The van der Waals surface area contributed by atoms with E-state index < -0.39 is 0 Å². The molecular weight excluding hydrogens is 208 g/mol. The van der Waals surface area contributed by atoms with Gasteiger partial charge >= 0.3 is 0 Å². The monoisotopic (exact) mass is 234 g/mol. The maximum Gasteiger partial charge on any atom is 0.106 e. The maximum absolute atomic E-state index is 9.58. The highest BCUT2D eigenvalue weighted by atomic mass is 15.0. The van der Waals surface area contributed by atoms with E-state index >= 15 is 0 Å². The van der Waals surface area contributed by atoms with E-state index in [1.165, 1.54) is 64.2 Å². The van der Waals surface area contributed by atoms with Crippen LogP contribution in [0.4, 0.5) is 0 Å². The van der Waals surface area contributed by atoms with Crippen molar-refractivity contribution in [3.8, 4) is 6.07 Å². The average molecular weight is 234 g/mol. The van der Waals surface area contributed by atoms with Gasteiger partial charge in [0.2, 0.25) is 0 Å². The summed E-state index contributed by atoms with van der Waals surface area (Å²) in [5.41, 5.74) is -0.192. The van der Waals surface area contributed by atoms with Crippen LogP contribution in [0.5, 0.6) is 0 Å². The first kappa shape index (κ1) is 12.9. The smallest absolute Gasteiger partial charge is 0.106 e. The fraction of sp³-hybridized carbons (Fsp3) is 0.933. The fourth-order valence-electron chi connectivity index (χ4n) is 3.43. The molecule has 2 nitrogen and oxygen atoms in total. The summed E-state index contributed by atoms with van der Waals surface area (Å²) in [6, 6.07) is 3.24. The van der Waals surface area contributed by atoms with E-state index in [2.05, 4.69) is 11.4 Å². The Bertz CT molecular complexity index is 253. The van der Waals surface area contributed by atoms with E-state index in [0.29, 0.717) is 6.04 Å². The van der Waals surface area contributed by atoms with Crippen molar-refractivity contribution in [1.29, 1.82) is 5.26 Å². The predicted molar refractivity (Wildman–Crippen MR) is 70.7 cm³/mol. The van der Waals surface area contributed by atoms with Crippen LogP contribution >= 0.6 is 0 Å². The van der Waals surface area contributed by atoms with Crippen LogP contribution in [0.2, 0.25) is 0 Å². The molecule has 2 saturated carbocycles. The van der Waals surface area contributed by atoms with Gasteiger partial charge < -0.3 is 0 Å². The van der Waals surface area contributed by atoms with Gasteiger partial charge in [-0.1, -0.05) is 51.4 Å². The Kier molecular flexibility index (Phi) is 4.86. The van der Waals surface area contributed by atoms with Crippen molar-refractivity contribution in [1.82, 2.24) is 5.32 Å². The van der Waals surface area contributed by atoms with E-state index in [1.54, 1.807) is 0 Å². The van der Waals surface area contributed by atoms with E-state index in [1.807, 2.05) is 0 Å². The van der Waals surface area contributed by atoms with Crippen LogP contribution in [0.15, 0.2) is 0 Å². The summed E-state index contributed by atoms with van der Waals surface area (Å²) in [6.07, 6.45) is 15.2. The van der Waals surface area contributed by atoms with Crippen LogP contribution in [0.25, 0.3) is 0 Å². The fourth-order valence-corrected chi connectivity index (χ4v) is 3.43. The lowest BCUT2D eigenvalue weighted by Crippen LogP contribution is -2.50. The quantitative estimate of drug-likeness (QED) is 0.786. The molecule has 2 aliphatic rings. The third-order valence-corrected chi connectivity index (χ3v) is 4.51. The molecular formula is C15H26N2. The highest BCUT2D eigenvalue weighted by Gasteiger charge is 2.32. The second kappa shape index (κ2) is 6.40. The van der Waals surface area contributed by atoms with Gasteiger partial charge in [0, 0.05) is 6.04 Å². The van der Waals surface area contributed by atoms with Gasteiger partial charge in [0.05, 0.1) is 6.07 Å². The van der Waals surface area contributed by atoms with Gasteiger partial charge in [0.25, 0.3) is 0 Å². The number of rotatable bonds is 2. The Morgan fingerprint density at radius 1 is 0.824 bits per heavy atom. The summed E-state index contributed by atoms with van der Waals surface area (Å²) in [5.74, 6) is 0. The first-order valence-corrected chi connectivity index (χ1v) is 7.54. The molecule has 0 atom stereocenters. The highest BCUT2D eigenvalue weighted by molar-refractivity contribution is 5.08. The zero-order valence-electron chi connectivity index (χ0n) is 11.0. The molecule has 0 unspecified atom stereocenters. The highest BCUT2D eigenvalue weighted by Crippen LogP contribution is 2.28. The van der Waals surface area contributed by atoms with Crippen molar-refractivity contribution in [3.63, 3.8) is 0 Å². The van der Waals surface area contributed by atoms with Crippen LogP contribution in [0.3, 0.4) is 0 Å². The molecule has 0 bridgehead atoms. The summed E-state index contributed by atoms with van der Waals surface area (Å²) in [4.78, 5) is 0. The van der Waals surface area contributed by atoms with Crippen molar-refractivity contribution < 1.29 is 0 Å². The third-order valence-electron chi connectivity index (χ3n) is 4.51. The topological polar surface area (TPSA) is 35.8 Å². The Hall–Kier alpha value is -0.550. The minimum absolute atomic E-state index is 0.192. The second-order valence-electron chi connectivity index (χ2n) is 5.94. The molecule has 0 aromatic rings. The van der Waals surface area contributed by atoms with Crippen molar-refractivity contribution in [2.24, 2.45) is 0 Å². The van der Waals surface area contributed by atoms with Crippen LogP contribution in [0.1, 0.15) is 77.0 Å². The number of nitrogens with zero attached hydrogens (tertiary/aromatic N) is 1. The van der Waals surface area contributed by atoms with E-state index in [-0.39, 0.29) is 5.54 Å². The minimum Gasteiger partial charge on any atom is -0.297 e. The molecule has 0 saturated heterocycles. The first-order chi connectivity index (χ1) is 8.35. The molecule has 2 heteroatoms. The molecule has 17 heavy (non-hydrogen) atoms. The zero-order valence-corrected chi connectivity index (χ0v) is 11.0. The normalized spacial score (nSPS) is 26.8. The average Bonchev–Trinajstić information content (AvgIpc) is 2.34. The largest absolute Gasteiger partial charge is 0.297 e. The lowest BCUT2D eigenvalue weighted by atomic mass is 9.83. The number of hydrogen-bond acceptors (Lipinski definition) is 2. The van der Waals surface area contributed by atoms with Crippen LogP contribution in [-0.2, 0) is 0 Å². The van der Waals surface area contributed by atoms with Gasteiger partial charge in [-0.25, -0.2) is 0 Å². The van der Waals surface area contributed by atoms with Gasteiger partial charge in [-0.3, -0.25) is 5.32 Å². The molecule has 96 valence electrons. The van der Waals surface area contributed by atoms with Crippen molar-refractivity contribution in [2.45, 2.75) is 88.6 Å². The minimum atomic E-state index is -0.192. The molecule has 0 aromatic heterocycles. The Morgan fingerprint density at radius 3 is 1.94 bits per heavy atom. The van der Waals surface area contributed by atoms with E-state index in [0.717, 1.165) is 12.8 Å². The third kappa shape index (κ3) is 3.71. The maximum atomic E-state index is 9.58. The van der Waals surface area contributed by atoms with Crippen LogP contribution in [0, 0.1) is 11.3 Å². The molecule has 0 aliphatic heterocycles. The summed E-state index contributed by atoms with van der Waals surface area (Å²) in [5, 5.41) is 13.3. The molecule has 2 aliphatic carbocycles. The second-order valence-corrected chi connectivity index (χ2v) is 5.94. The lowest BCUT2D eigenvalue weighted by Gasteiger charge is -2.35. The SMILES string of the molecule is N#CC1(NC2CCCCC2)CCCCCCC1. The van der Waals surface area contributed by atoms with Crippen LogP contribution in [-0.4, -0.2) is 11.6 Å². The molecule has 0 spiro atoms. The number of nitrogens with one attached hydrogen (secondary N) is 1. The van der Waals surface area contributed by atoms with Crippen LogP contribution < -0.4 is 5.32 Å². The van der Waals surface area contributed by atoms with Gasteiger partial charge in [-0.2, -0.15) is 5.26 Å². The summed E-state index contributed by atoms with van der Waals surface area (Å²) >= 11 is 0. The predicted octanol–water partition coefficient (Wildman–Crippen LogP) is 3.92. The summed E-state index contributed by atoms with van der Waals surface area (Å²) < 4.78 is 0. The Balaban J connectivity index is 1.93. The Labute approximate surface area is 106 Å². The first-order valence-electron chi connectivity index (χ1n) is 7.54. The van der Waals surface area contributed by atoms with Gasteiger partial charge in [-0.15, -0.1) is 0 Å². The summed E-state index contributed by atoms with van der Waals surface area (Å²) in [6.45, 7) is 0. The van der Waals surface area contributed by atoms with E-state index in [4.69, 9.17) is 0 Å². The Morgan fingerprint density at radius 2 is 1.35 bits per heavy atom. The molecule has 0 heterocycles. The summed E-state index contributed by atoms with van der Waals surface area (Å²) in [7, 11) is 0. The number of hydrogen-bond donors (Lipinski definition) is 1. The molecule has 2 fully saturated rings. The molecule has 0 aromatic carbocycles. The molecule has 0 radical (unpaired) electrons. The molecule has 1 N–H and O–H groups in total.